The van der Waals surface area contributed by atoms with E-state index in [4.69, 9.17) is 16.3 Å². The summed E-state index contributed by atoms with van der Waals surface area (Å²) in [5, 5.41) is 3.81. The molecular formula is C19H22ClN3O2. The Morgan fingerprint density at radius 2 is 1.76 bits per heavy atom. The number of benzene rings is 1. The van der Waals surface area contributed by atoms with E-state index in [0.717, 1.165) is 24.0 Å². The van der Waals surface area contributed by atoms with Gasteiger partial charge in [0, 0.05) is 43.7 Å². The fraction of sp³-hybridized carbons (Fsp3) is 0.368. The molecule has 0 saturated carbocycles. The van der Waals surface area contributed by atoms with E-state index in [1.165, 1.54) is 0 Å². The standard InChI is InChI=1S/C19H22ClN3O2/c1-23(17-8-12-25-13-9-17)19(24)22-18(15-6-10-21-11-7-15)14-2-4-16(20)5-3-14/h2-7,10-11,17-18H,8-9,12-13H2,1H3,(H,22,24). The molecule has 1 aromatic carbocycles. The van der Waals surface area contributed by atoms with Crippen molar-refractivity contribution in [3.05, 3.63) is 64.9 Å². The number of rotatable bonds is 4. The summed E-state index contributed by atoms with van der Waals surface area (Å²) in [6, 6.07) is 11.2. The molecule has 2 amide bonds. The summed E-state index contributed by atoms with van der Waals surface area (Å²) in [5.41, 5.74) is 1.95. The molecule has 2 aromatic rings. The highest BCUT2D eigenvalue weighted by Crippen LogP contribution is 2.24. The summed E-state index contributed by atoms with van der Waals surface area (Å²) < 4.78 is 5.38. The number of halogens is 1. The van der Waals surface area contributed by atoms with Crippen LogP contribution in [-0.4, -0.2) is 42.2 Å². The monoisotopic (exact) mass is 359 g/mol. The van der Waals surface area contributed by atoms with Gasteiger partial charge in [-0.1, -0.05) is 23.7 Å². The van der Waals surface area contributed by atoms with Crippen LogP contribution in [0.1, 0.15) is 30.0 Å². The molecule has 3 rings (SSSR count). The first-order valence-corrected chi connectivity index (χ1v) is 8.79. The highest BCUT2D eigenvalue weighted by Gasteiger charge is 2.25. The van der Waals surface area contributed by atoms with E-state index in [2.05, 4.69) is 10.3 Å². The molecule has 1 N–H and O–H groups in total. The third-order valence-corrected chi connectivity index (χ3v) is 4.82. The van der Waals surface area contributed by atoms with E-state index in [1.807, 2.05) is 43.4 Å². The first-order chi connectivity index (χ1) is 12.1. The second kappa shape index (κ2) is 8.32. The van der Waals surface area contributed by atoms with E-state index in [1.54, 1.807) is 17.3 Å². The van der Waals surface area contributed by atoms with Gasteiger partial charge < -0.3 is 15.0 Å². The quantitative estimate of drug-likeness (QED) is 0.906. The number of hydrogen-bond donors (Lipinski definition) is 1. The second-order valence-corrected chi connectivity index (χ2v) is 6.61. The first-order valence-electron chi connectivity index (χ1n) is 8.41. The topological polar surface area (TPSA) is 54.5 Å². The van der Waals surface area contributed by atoms with Crippen molar-refractivity contribution in [2.24, 2.45) is 0 Å². The largest absolute Gasteiger partial charge is 0.381 e. The molecule has 0 radical (unpaired) electrons. The number of aromatic nitrogens is 1. The van der Waals surface area contributed by atoms with E-state index >= 15 is 0 Å². The van der Waals surface area contributed by atoms with Gasteiger partial charge in [0.05, 0.1) is 6.04 Å². The molecule has 0 bridgehead atoms. The predicted octanol–water partition coefficient (Wildman–Crippen LogP) is 3.64. The third kappa shape index (κ3) is 4.50. The highest BCUT2D eigenvalue weighted by atomic mass is 35.5. The van der Waals surface area contributed by atoms with Gasteiger partial charge in [0.2, 0.25) is 0 Å². The minimum Gasteiger partial charge on any atom is -0.381 e. The molecule has 1 atom stereocenters. The zero-order valence-corrected chi connectivity index (χ0v) is 14.9. The van der Waals surface area contributed by atoms with Gasteiger partial charge in [0.1, 0.15) is 0 Å². The van der Waals surface area contributed by atoms with Crippen molar-refractivity contribution in [2.75, 3.05) is 20.3 Å². The van der Waals surface area contributed by atoms with Crippen LogP contribution in [0.15, 0.2) is 48.8 Å². The van der Waals surface area contributed by atoms with Gasteiger partial charge in [-0.25, -0.2) is 4.79 Å². The molecule has 1 unspecified atom stereocenters. The lowest BCUT2D eigenvalue weighted by Crippen LogP contribution is -2.47. The summed E-state index contributed by atoms with van der Waals surface area (Å²) in [6.45, 7) is 1.40. The summed E-state index contributed by atoms with van der Waals surface area (Å²) in [6.07, 6.45) is 5.19. The van der Waals surface area contributed by atoms with Gasteiger partial charge in [-0.3, -0.25) is 4.98 Å². The van der Waals surface area contributed by atoms with Crippen LogP contribution in [0.3, 0.4) is 0 Å². The molecule has 1 fully saturated rings. The Bertz CT molecular complexity index is 688. The number of pyridine rings is 1. The Labute approximate surface area is 153 Å². The fourth-order valence-electron chi connectivity index (χ4n) is 3.03. The van der Waals surface area contributed by atoms with E-state index in [0.29, 0.717) is 18.2 Å². The van der Waals surface area contributed by atoms with Gasteiger partial charge in [-0.2, -0.15) is 0 Å². The zero-order chi connectivity index (χ0) is 17.6. The van der Waals surface area contributed by atoms with Crippen LogP contribution in [0.2, 0.25) is 5.02 Å². The van der Waals surface area contributed by atoms with E-state index in [9.17, 15) is 4.79 Å². The van der Waals surface area contributed by atoms with Crippen LogP contribution in [0.4, 0.5) is 4.79 Å². The van der Waals surface area contributed by atoms with Gasteiger partial charge in [0.15, 0.2) is 0 Å². The summed E-state index contributed by atoms with van der Waals surface area (Å²) in [7, 11) is 1.84. The number of ether oxygens (including phenoxy) is 1. The molecule has 1 aliphatic heterocycles. The maximum absolute atomic E-state index is 12.8. The van der Waals surface area contributed by atoms with E-state index in [-0.39, 0.29) is 18.1 Å². The van der Waals surface area contributed by atoms with Crippen molar-refractivity contribution < 1.29 is 9.53 Å². The van der Waals surface area contributed by atoms with Crippen LogP contribution in [0.25, 0.3) is 0 Å². The predicted molar refractivity (Wildman–Crippen MR) is 97.7 cm³/mol. The Morgan fingerprint density at radius 3 is 2.40 bits per heavy atom. The molecule has 25 heavy (non-hydrogen) atoms. The molecule has 5 nitrogen and oxygen atoms in total. The van der Waals surface area contributed by atoms with Crippen molar-refractivity contribution in [1.29, 1.82) is 0 Å². The number of nitrogens with one attached hydrogen (secondary N) is 1. The molecule has 1 aliphatic rings. The average molecular weight is 360 g/mol. The number of nitrogens with zero attached hydrogens (tertiary/aromatic N) is 2. The zero-order valence-electron chi connectivity index (χ0n) is 14.2. The Morgan fingerprint density at radius 1 is 1.16 bits per heavy atom. The smallest absolute Gasteiger partial charge is 0.318 e. The van der Waals surface area contributed by atoms with E-state index < -0.39 is 0 Å². The number of amides is 2. The first kappa shape index (κ1) is 17.7. The molecule has 1 aromatic heterocycles. The lowest BCUT2D eigenvalue weighted by atomic mass is 10.00. The van der Waals surface area contributed by atoms with Crippen molar-refractivity contribution in [1.82, 2.24) is 15.2 Å². The molecule has 132 valence electrons. The average Bonchev–Trinajstić information content (AvgIpc) is 2.67. The Balaban J connectivity index is 1.79. The molecule has 2 heterocycles. The fourth-order valence-corrected chi connectivity index (χ4v) is 3.16. The van der Waals surface area contributed by atoms with Gasteiger partial charge in [0.25, 0.3) is 0 Å². The summed E-state index contributed by atoms with van der Waals surface area (Å²) >= 11 is 6.00. The van der Waals surface area contributed by atoms with Gasteiger partial charge in [-0.15, -0.1) is 0 Å². The normalized spacial score (nSPS) is 16.2. The third-order valence-electron chi connectivity index (χ3n) is 4.57. The maximum atomic E-state index is 12.8. The summed E-state index contributed by atoms with van der Waals surface area (Å²) in [5.74, 6) is 0. The molecule has 0 aliphatic carbocycles. The Kier molecular flexibility index (Phi) is 5.89. The van der Waals surface area contributed by atoms with Crippen molar-refractivity contribution >= 4 is 17.6 Å². The lowest BCUT2D eigenvalue weighted by molar-refractivity contribution is 0.0523. The highest BCUT2D eigenvalue weighted by molar-refractivity contribution is 6.30. The molecule has 1 saturated heterocycles. The van der Waals surface area contributed by atoms with Crippen LogP contribution in [0, 0.1) is 0 Å². The van der Waals surface area contributed by atoms with Crippen molar-refractivity contribution in [3.63, 3.8) is 0 Å². The van der Waals surface area contributed by atoms with Gasteiger partial charge >= 0.3 is 6.03 Å². The Hall–Kier alpha value is -2.11. The van der Waals surface area contributed by atoms with Gasteiger partial charge in [-0.05, 0) is 48.2 Å². The SMILES string of the molecule is CN(C(=O)NC(c1ccncc1)c1ccc(Cl)cc1)C1CCOCC1. The molecule has 6 heteroatoms. The van der Waals surface area contributed by atoms with Crippen molar-refractivity contribution in [2.45, 2.75) is 24.9 Å². The minimum absolute atomic E-state index is 0.0938. The number of carbonyl (C=O) groups excluding carboxylic acids is 1. The van der Waals surface area contributed by atoms with Crippen LogP contribution in [-0.2, 0) is 4.74 Å². The van der Waals surface area contributed by atoms with Crippen molar-refractivity contribution in [3.8, 4) is 0 Å². The lowest BCUT2D eigenvalue weighted by Gasteiger charge is -2.32. The number of hydrogen-bond acceptors (Lipinski definition) is 3. The minimum atomic E-state index is -0.255. The van der Waals surface area contributed by atoms with Crippen LogP contribution < -0.4 is 5.32 Å². The van der Waals surface area contributed by atoms with Crippen LogP contribution in [0.5, 0.6) is 0 Å². The van der Waals surface area contributed by atoms with Crippen LogP contribution >= 0.6 is 11.6 Å². The molecular weight excluding hydrogens is 338 g/mol. The second-order valence-electron chi connectivity index (χ2n) is 6.17. The number of urea groups is 1. The number of carbonyl (C=O) groups is 1. The maximum Gasteiger partial charge on any atom is 0.318 e. The molecule has 0 spiro atoms. The summed E-state index contributed by atoms with van der Waals surface area (Å²) in [4.78, 5) is 18.6.